The second kappa shape index (κ2) is 33.7. The molecule has 454 valence electrons. The fourth-order valence-electron chi connectivity index (χ4n) is 7.15. The van der Waals surface area contributed by atoms with E-state index in [4.69, 9.17) is 37.9 Å². The van der Waals surface area contributed by atoms with Crippen molar-refractivity contribution in [2.75, 3.05) is 39.6 Å². The zero-order valence-electron chi connectivity index (χ0n) is 41.6. The van der Waals surface area contributed by atoms with Crippen LogP contribution in [-0.2, 0) is 37.9 Å². The van der Waals surface area contributed by atoms with Crippen LogP contribution in [-0.4, -0.2) is 277 Å². The first kappa shape index (κ1) is 69.3. The fourth-order valence-corrected chi connectivity index (χ4v) is 7.15. The lowest BCUT2D eigenvalue weighted by Crippen LogP contribution is -2.61. The van der Waals surface area contributed by atoms with Gasteiger partial charge in [0.1, 0.15) is 61.0 Å². The summed E-state index contributed by atoms with van der Waals surface area (Å²) in [5.74, 6) is -18.5. The second-order valence-corrected chi connectivity index (χ2v) is 17.0. The molecule has 78 heavy (non-hydrogen) atoms. The molecule has 0 aromatic carbocycles. The van der Waals surface area contributed by atoms with Crippen LogP contribution in [0.15, 0.2) is 69.1 Å². The van der Waals surface area contributed by atoms with E-state index in [9.17, 15) is 133 Å². The highest BCUT2D eigenvalue weighted by Gasteiger charge is 2.48. The smallest absolute Gasteiger partial charge is 0.218 e. The minimum atomic E-state index is -2.84. The standard InChI is InChI=1S/C44H74O34/c1-2-3-4-16-23(51)30(58)39(66)72-18(6-11-46)25(53)32(60)40(67)73-19(7-12-47)26(54)33(61)41(68)75-20(8-13-48)27(55)35(63)43(70)78-37-22(15-50)77-44(36(64)29(37)57)76-21(9-14-49)28(56)34(62)42(69)74-17(5-10-45)24(52)31(59)38(65)71-16/h16-22,29,36-70H,2-15H2,1H3/b30-23+,31-24+,32-25-,33-26+,34-28+,35-27+. The molecule has 17 unspecified atom stereocenters. The number of ether oxygens (including phenoxy) is 8. The highest BCUT2D eigenvalue weighted by Crippen LogP contribution is 2.31. The Bertz CT molecular complexity index is 2010. The van der Waals surface area contributed by atoms with Crippen molar-refractivity contribution in [3.05, 3.63) is 69.1 Å². The molecule has 0 aliphatic carbocycles. The number of fused-ring (bicyclic) bond motifs is 26. The average molecular weight is 1150 g/mol. The molecule has 3 heterocycles. The number of hydrogen-bond donors (Lipinski definition) is 26. The molecule has 34 nitrogen and oxygen atoms in total. The molecule has 34 heteroatoms. The minimum Gasteiger partial charge on any atom is -0.506 e. The van der Waals surface area contributed by atoms with Crippen LogP contribution in [0.4, 0.5) is 0 Å². The summed E-state index contributed by atoms with van der Waals surface area (Å²) in [6, 6.07) is 0. The lowest BCUT2D eigenvalue weighted by Gasteiger charge is -2.43. The molecule has 0 aromatic heterocycles. The second-order valence-electron chi connectivity index (χ2n) is 17.0. The molecule has 3 aliphatic rings. The molecule has 17 atom stereocenters. The van der Waals surface area contributed by atoms with Gasteiger partial charge in [-0.2, -0.15) is 0 Å². The van der Waals surface area contributed by atoms with E-state index in [1.54, 1.807) is 6.92 Å². The van der Waals surface area contributed by atoms with Crippen molar-refractivity contribution < 1.29 is 171 Å². The third kappa shape index (κ3) is 18.9. The van der Waals surface area contributed by atoms with Crippen LogP contribution >= 0.6 is 0 Å². The van der Waals surface area contributed by atoms with Crippen LogP contribution in [0.1, 0.15) is 58.3 Å². The summed E-state index contributed by atoms with van der Waals surface area (Å²) in [6.45, 7) is -4.32. The van der Waals surface area contributed by atoms with Crippen molar-refractivity contribution in [2.24, 2.45) is 0 Å². The van der Waals surface area contributed by atoms with Gasteiger partial charge < -0.3 is 171 Å². The lowest BCUT2D eigenvalue weighted by molar-refractivity contribution is -0.329. The Morgan fingerprint density at radius 2 is 0.538 bits per heavy atom. The summed E-state index contributed by atoms with van der Waals surface area (Å²) in [5.41, 5.74) is 0. The molecule has 0 amide bonds. The van der Waals surface area contributed by atoms with Crippen LogP contribution < -0.4 is 0 Å². The van der Waals surface area contributed by atoms with Crippen LogP contribution in [0.25, 0.3) is 0 Å². The summed E-state index contributed by atoms with van der Waals surface area (Å²) < 4.78 is 41.5. The molecular weight excluding hydrogens is 1070 g/mol. The van der Waals surface area contributed by atoms with Crippen LogP contribution in [0.5, 0.6) is 0 Å². The molecule has 0 aromatic rings. The minimum absolute atomic E-state index is 0.0814. The van der Waals surface area contributed by atoms with Gasteiger partial charge in [0.25, 0.3) is 0 Å². The molecule has 1 fully saturated rings. The zero-order valence-corrected chi connectivity index (χ0v) is 41.6. The number of aliphatic hydroxyl groups excluding tert-OH is 26. The summed E-state index contributed by atoms with van der Waals surface area (Å²) in [6.07, 6.45) is -44.5. The van der Waals surface area contributed by atoms with Crippen molar-refractivity contribution in [1.29, 1.82) is 0 Å². The Morgan fingerprint density at radius 1 is 0.295 bits per heavy atom. The van der Waals surface area contributed by atoms with E-state index < -0.39 is 246 Å². The first-order chi connectivity index (χ1) is 36.7. The Labute approximate surface area is 442 Å². The molecule has 0 saturated carbocycles. The highest BCUT2D eigenvalue weighted by atomic mass is 16.7. The van der Waals surface area contributed by atoms with Gasteiger partial charge in [-0.3, -0.25) is 0 Å². The monoisotopic (exact) mass is 1150 g/mol. The van der Waals surface area contributed by atoms with Gasteiger partial charge in [-0.15, -0.1) is 0 Å². The summed E-state index contributed by atoms with van der Waals surface area (Å²) in [7, 11) is 0. The predicted octanol–water partition coefficient (Wildman–Crippen LogP) is -3.89. The maximum Gasteiger partial charge on any atom is 0.218 e. The van der Waals surface area contributed by atoms with Crippen LogP contribution in [0.2, 0.25) is 0 Å². The predicted molar refractivity (Wildman–Crippen MR) is 250 cm³/mol. The van der Waals surface area contributed by atoms with Gasteiger partial charge >= 0.3 is 0 Å². The first-order valence-corrected chi connectivity index (χ1v) is 23.8. The first-order valence-electron chi connectivity index (χ1n) is 23.8. The number of aliphatic hydroxyl groups is 26. The highest BCUT2D eigenvalue weighted by molar-refractivity contribution is 5.15. The van der Waals surface area contributed by atoms with Crippen molar-refractivity contribution in [1.82, 2.24) is 0 Å². The van der Waals surface area contributed by atoms with E-state index in [1.165, 1.54) is 0 Å². The molecule has 3 aliphatic heterocycles. The Kier molecular flexibility index (Phi) is 29.9. The zero-order chi connectivity index (χ0) is 59.3. The van der Waals surface area contributed by atoms with E-state index >= 15 is 0 Å². The number of unbranched alkanes of at least 4 members (excludes halogenated alkanes) is 1. The van der Waals surface area contributed by atoms with Gasteiger partial charge in [0, 0.05) is 65.1 Å². The number of hydrogen-bond acceptors (Lipinski definition) is 34. The van der Waals surface area contributed by atoms with Gasteiger partial charge in [-0.05, 0) is 6.42 Å². The van der Waals surface area contributed by atoms with E-state index in [0.29, 0.717) is 6.42 Å². The van der Waals surface area contributed by atoms with Gasteiger partial charge in [0.2, 0.25) is 37.7 Å². The normalized spacial score (nSPS) is 40.1. The van der Waals surface area contributed by atoms with Gasteiger partial charge in [0.15, 0.2) is 75.4 Å². The van der Waals surface area contributed by atoms with Crippen molar-refractivity contribution in [3.8, 4) is 0 Å². The third-order valence-electron chi connectivity index (χ3n) is 11.5. The Hall–Kier alpha value is -4.84. The van der Waals surface area contributed by atoms with E-state index in [1.807, 2.05) is 0 Å². The average Bonchev–Trinajstić information content (AvgIpc) is 3.42. The Morgan fingerprint density at radius 3 is 0.782 bits per heavy atom. The maximum atomic E-state index is 11.0. The molecule has 0 spiro atoms. The third-order valence-corrected chi connectivity index (χ3v) is 11.5. The molecule has 26 N–H and O–H groups in total. The van der Waals surface area contributed by atoms with Crippen molar-refractivity contribution in [3.63, 3.8) is 0 Å². The van der Waals surface area contributed by atoms with Crippen molar-refractivity contribution >= 4 is 0 Å². The quantitative estimate of drug-likeness (QED) is 0.0791. The van der Waals surface area contributed by atoms with Gasteiger partial charge in [-0.25, -0.2) is 0 Å². The lowest BCUT2D eigenvalue weighted by atomic mass is 9.98. The van der Waals surface area contributed by atoms with Gasteiger partial charge in [0.05, 0.1) is 6.61 Å². The summed E-state index contributed by atoms with van der Waals surface area (Å²) >= 11 is 0. The van der Waals surface area contributed by atoms with Crippen molar-refractivity contribution in [2.45, 2.75) is 163 Å². The molecular formula is C44H74O34. The van der Waals surface area contributed by atoms with E-state index in [2.05, 4.69) is 0 Å². The maximum absolute atomic E-state index is 11.0. The molecule has 3 rings (SSSR count). The molecule has 2 bridgehead atoms. The summed E-state index contributed by atoms with van der Waals surface area (Å²) in [4.78, 5) is 0. The topological polar surface area (TPSA) is 600 Å². The van der Waals surface area contributed by atoms with E-state index in [-0.39, 0.29) is 12.8 Å². The largest absolute Gasteiger partial charge is 0.506 e. The molecule has 0 radical (unpaired) electrons. The van der Waals surface area contributed by atoms with Crippen LogP contribution in [0.3, 0.4) is 0 Å². The Balaban J connectivity index is 2.88. The SMILES string of the molecule is CCCCC1OC(O)/C(O)=C(\O)C(CCO)OC(O)/C(O)=C(\O)C(CCO)OC2OC(CO)C(OC(O)/C(O)=C(\O)C(CCO)OC(O)/C(O)=C(\O)C(CCO)OC(O)/C(O)=C(/O)C(CCO)OC(O)/C(O)=C/1O)C(O)C2O. The van der Waals surface area contributed by atoms with Crippen LogP contribution in [0, 0.1) is 0 Å². The van der Waals surface area contributed by atoms with Gasteiger partial charge in [-0.1, -0.05) is 19.8 Å². The summed E-state index contributed by atoms with van der Waals surface area (Å²) in [5, 5.41) is 275. The van der Waals surface area contributed by atoms with E-state index in [0.717, 1.165) is 0 Å². The fraction of sp³-hybridized carbons (Fsp3) is 0.727. The molecule has 1 saturated heterocycles. The number of rotatable bonds is 14.